The molecule has 1 aromatic carbocycles. The van der Waals surface area contributed by atoms with E-state index in [0.29, 0.717) is 6.10 Å². The first-order chi connectivity index (χ1) is 7.88. The van der Waals surface area contributed by atoms with Gasteiger partial charge in [0.15, 0.2) is 0 Å². The predicted molar refractivity (Wildman–Crippen MR) is 64.9 cm³/mol. The van der Waals surface area contributed by atoms with Crippen molar-refractivity contribution in [2.45, 2.75) is 38.7 Å². The molecule has 1 aliphatic heterocycles. The third kappa shape index (κ3) is 3.24. The lowest BCUT2D eigenvalue weighted by Crippen LogP contribution is -2.10. The summed E-state index contributed by atoms with van der Waals surface area (Å²) in [4.78, 5) is 0. The average Bonchev–Trinajstić information content (AvgIpc) is 2.83. The smallest absolute Gasteiger partial charge is 0.119 e. The van der Waals surface area contributed by atoms with E-state index in [1.165, 1.54) is 18.4 Å². The summed E-state index contributed by atoms with van der Waals surface area (Å²) in [5, 5.41) is 0. The van der Waals surface area contributed by atoms with E-state index in [9.17, 15) is 0 Å². The number of rotatable bonds is 5. The van der Waals surface area contributed by atoms with Gasteiger partial charge in [-0.3, -0.25) is 0 Å². The van der Waals surface area contributed by atoms with Crippen LogP contribution < -0.4 is 4.74 Å². The summed E-state index contributed by atoms with van der Waals surface area (Å²) in [5.41, 5.74) is 1.35. The summed E-state index contributed by atoms with van der Waals surface area (Å²) < 4.78 is 11.2. The van der Waals surface area contributed by atoms with Gasteiger partial charge in [0.1, 0.15) is 5.75 Å². The second kappa shape index (κ2) is 5.90. The summed E-state index contributed by atoms with van der Waals surface area (Å²) in [6.45, 7) is 3.85. The Bertz CT molecular complexity index is 299. The minimum Gasteiger partial charge on any atom is -0.493 e. The van der Waals surface area contributed by atoms with Gasteiger partial charge < -0.3 is 9.47 Å². The third-order valence-electron chi connectivity index (χ3n) is 3.06. The first-order valence-corrected chi connectivity index (χ1v) is 6.22. The fraction of sp³-hybridized carbons (Fsp3) is 0.571. The molecule has 0 saturated carbocycles. The number of ether oxygens (including phenoxy) is 2. The highest BCUT2D eigenvalue weighted by Gasteiger charge is 2.14. The third-order valence-corrected chi connectivity index (χ3v) is 3.06. The molecule has 2 heteroatoms. The van der Waals surface area contributed by atoms with Gasteiger partial charge >= 0.3 is 0 Å². The minimum atomic E-state index is 0.426. The van der Waals surface area contributed by atoms with E-state index >= 15 is 0 Å². The van der Waals surface area contributed by atoms with Gasteiger partial charge in [0, 0.05) is 13.0 Å². The van der Waals surface area contributed by atoms with Crippen molar-refractivity contribution in [3.63, 3.8) is 0 Å². The van der Waals surface area contributed by atoms with Crippen molar-refractivity contribution < 1.29 is 9.47 Å². The van der Waals surface area contributed by atoms with Gasteiger partial charge in [-0.25, -0.2) is 0 Å². The Hall–Kier alpha value is -1.02. The zero-order valence-corrected chi connectivity index (χ0v) is 9.95. The van der Waals surface area contributed by atoms with Crippen LogP contribution in [0.5, 0.6) is 5.75 Å². The zero-order chi connectivity index (χ0) is 11.2. The molecule has 16 heavy (non-hydrogen) atoms. The normalized spacial score (nSPS) is 19.9. The lowest BCUT2D eigenvalue weighted by molar-refractivity contribution is 0.0903. The Morgan fingerprint density at radius 2 is 2.12 bits per heavy atom. The number of benzene rings is 1. The maximum Gasteiger partial charge on any atom is 0.119 e. The molecule has 0 bridgehead atoms. The molecular weight excluding hydrogens is 200 g/mol. The van der Waals surface area contributed by atoms with Crippen LogP contribution in [-0.2, 0) is 11.2 Å². The van der Waals surface area contributed by atoms with Crippen molar-refractivity contribution in [3.8, 4) is 5.75 Å². The van der Waals surface area contributed by atoms with Crippen LogP contribution in [0.4, 0.5) is 0 Å². The molecule has 1 unspecified atom stereocenters. The average molecular weight is 220 g/mol. The lowest BCUT2D eigenvalue weighted by Gasteiger charge is -2.10. The molecule has 1 fully saturated rings. The maximum absolute atomic E-state index is 5.69. The fourth-order valence-corrected chi connectivity index (χ4v) is 2.00. The molecule has 1 aromatic rings. The van der Waals surface area contributed by atoms with Crippen molar-refractivity contribution in [1.82, 2.24) is 0 Å². The summed E-state index contributed by atoms with van der Waals surface area (Å²) in [7, 11) is 0. The van der Waals surface area contributed by atoms with E-state index in [2.05, 4.69) is 19.1 Å². The van der Waals surface area contributed by atoms with Crippen molar-refractivity contribution >= 4 is 0 Å². The Kier molecular flexibility index (Phi) is 4.23. The highest BCUT2D eigenvalue weighted by Crippen LogP contribution is 2.17. The molecule has 88 valence electrons. The number of aryl methyl sites for hydroxylation is 1. The van der Waals surface area contributed by atoms with Crippen molar-refractivity contribution in [2.24, 2.45) is 0 Å². The quantitative estimate of drug-likeness (QED) is 0.758. The van der Waals surface area contributed by atoms with Crippen LogP contribution in [0.2, 0.25) is 0 Å². The number of hydrogen-bond donors (Lipinski definition) is 0. The molecule has 1 saturated heterocycles. The lowest BCUT2D eigenvalue weighted by atomic mass is 10.2. The minimum absolute atomic E-state index is 0.426. The van der Waals surface area contributed by atoms with Gasteiger partial charge in [0.25, 0.3) is 0 Å². The van der Waals surface area contributed by atoms with E-state index in [-0.39, 0.29) is 0 Å². The molecule has 1 atom stereocenters. The van der Waals surface area contributed by atoms with Gasteiger partial charge in [0.05, 0.1) is 12.7 Å². The molecule has 1 aliphatic rings. The molecule has 0 spiro atoms. The maximum atomic E-state index is 5.69. The second-order valence-electron chi connectivity index (χ2n) is 4.27. The molecular formula is C14H20O2. The summed E-state index contributed by atoms with van der Waals surface area (Å²) in [5.74, 6) is 0.968. The van der Waals surface area contributed by atoms with Gasteiger partial charge in [-0.1, -0.05) is 19.1 Å². The van der Waals surface area contributed by atoms with Crippen LogP contribution in [-0.4, -0.2) is 19.3 Å². The summed E-state index contributed by atoms with van der Waals surface area (Å²) in [6.07, 6.45) is 4.91. The van der Waals surface area contributed by atoms with E-state index in [1.807, 2.05) is 12.1 Å². The van der Waals surface area contributed by atoms with E-state index in [1.54, 1.807) is 0 Å². The van der Waals surface area contributed by atoms with E-state index < -0.39 is 0 Å². The molecule has 1 heterocycles. The Morgan fingerprint density at radius 3 is 2.75 bits per heavy atom. The van der Waals surface area contributed by atoms with E-state index in [4.69, 9.17) is 9.47 Å². The van der Waals surface area contributed by atoms with E-state index in [0.717, 1.165) is 31.8 Å². The van der Waals surface area contributed by atoms with Crippen LogP contribution in [0.1, 0.15) is 31.7 Å². The van der Waals surface area contributed by atoms with Crippen LogP contribution in [0.25, 0.3) is 0 Å². The predicted octanol–water partition coefficient (Wildman–Crippen LogP) is 3.20. The standard InChI is InChI=1S/C14H20O2/c1-2-12-5-7-14(8-6-12)16-11-9-13-4-3-10-15-13/h5-8,13H,2-4,9-11H2,1H3. The molecule has 0 aromatic heterocycles. The SMILES string of the molecule is CCc1ccc(OCCC2CCCO2)cc1. The van der Waals surface area contributed by atoms with Crippen LogP contribution in [0, 0.1) is 0 Å². The van der Waals surface area contributed by atoms with Gasteiger partial charge in [-0.2, -0.15) is 0 Å². The Balaban J connectivity index is 1.71. The van der Waals surface area contributed by atoms with Crippen molar-refractivity contribution in [3.05, 3.63) is 29.8 Å². The largest absolute Gasteiger partial charge is 0.493 e. The summed E-state index contributed by atoms with van der Waals surface area (Å²) >= 11 is 0. The van der Waals surface area contributed by atoms with Crippen molar-refractivity contribution in [1.29, 1.82) is 0 Å². The molecule has 0 aliphatic carbocycles. The fourth-order valence-electron chi connectivity index (χ4n) is 2.00. The molecule has 0 radical (unpaired) electrons. The van der Waals surface area contributed by atoms with Crippen LogP contribution in [0.15, 0.2) is 24.3 Å². The highest BCUT2D eigenvalue weighted by molar-refractivity contribution is 5.27. The van der Waals surface area contributed by atoms with Gasteiger partial charge in [-0.05, 0) is 37.0 Å². The molecule has 2 nitrogen and oxygen atoms in total. The van der Waals surface area contributed by atoms with Gasteiger partial charge in [-0.15, -0.1) is 0 Å². The van der Waals surface area contributed by atoms with Crippen LogP contribution in [0.3, 0.4) is 0 Å². The van der Waals surface area contributed by atoms with Crippen LogP contribution >= 0.6 is 0 Å². The topological polar surface area (TPSA) is 18.5 Å². The van der Waals surface area contributed by atoms with Crippen molar-refractivity contribution in [2.75, 3.05) is 13.2 Å². The first kappa shape index (κ1) is 11.5. The first-order valence-electron chi connectivity index (χ1n) is 6.22. The Morgan fingerprint density at radius 1 is 1.31 bits per heavy atom. The summed E-state index contributed by atoms with van der Waals surface area (Å²) in [6, 6.07) is 8.35. The second-order valence-corrected chi connectivity index (χ2v) is 4.27. The molecule has 0 N–H and O–H groups in total. The molecule has 0 amide bonds. The number of hydrogen-bond acceptors (Lipinski definition) is 2. The van der Waals surface area contributed by atoms with Gasteiger partial charge in [0.2, 0.25) is 0 Å². The zero-order valence-electron chi connectivity index (χ0n) is 9.95. The Labute approximate surface area is 97.6 Å². The molecule has 2 rings (SSSR count). The monoisotopic (exact) mass is 220 g/mol. The highest BCUT2D eigenvalue weighted by atomic mass is 16.5.